The van der Waals surface area contributed by atoms with Crippen LogP contribution in [0.1, 0.15) is 150 Å². The standard InChI is InChI=1S/C70H113N21O20/c1-9-37(7)55(67(109)87-47(28-35(3)4)63(105)84-45(21-23-52(95)96)60(102)88-49(68(110)111)30-40-31-75-34-80-40)90-62(104)44(16-13-27-78-70(73)74)82-59(101)46(22-24-53(97)98)85-66(108)56(38(8)10-2)91-65(107)54(36(5)6)89-61(103)43(15-12-26-77-69(71)72)83-64(106)50(33-92)81-51(94)32-79-57(99)48(29-39-17-19-41(93)20-18-39)86-58(100)42-14-11-25-76-42/h17-20,31,34-38,42-50,54-56,76,92-93H,9-16,21-30,32-33H2,1-8H3,(H,75,80)(H,79,99)(H,81,94)(H,82,101)(H,83,106)(H,84,105)(H,85,108)(H,86,100)(H,87,109)(H,88,102)(H,89,103)(H,90,104)(H,91,107)(H,95,96)(H,97,98)(H,110,111)(H4,71,72,77)(H4,73,74,78)/t37-,38-,42-,43-,44-,45-,46-,47-,48-,49-,50-,54-,55-,56-/m0/s1. The van der Waals surface area contributed by atoms with Crippen molar-refractivity contribution in [3.05, 3.63) is 48.0 Å². The van der Waals surface area contributed by atoms with E-state index in [0.717, 1.165) is 6.42 Å². The summed E-state index contributed by atoms with van der Waals surface area (Å²) in [6.45, 7) is 11.8. The Morgan fingerprint density at radius 2 is 0.964 bits per heavy atom. The number of carboxylic acids is 3. The number of carbonyl (C=O) groups excluding carboxylic acids is 12. The third kappa shape index (κ3) is 34.5. The number of aromatic nitrogens is 2. The summed E-state index contributed by atoms with van der Waals surface area (Å²) in [7, 11) is 0. The summed E-state index contributed by atoms with van der Waals surface area (Å²) in [6.07, 6.45) is 1.02. The fourth-order valence-corrected chi connectivity index (χ4v) is 11.5. The molecular weight excluding hydrogens is 1450 g/mol. The number of aliphatic hydroxyl groups excluding tert-OH is 1. The van der Waals surface area contributed by atoms with Crippen molar-refractivity contribution in [1.29, 1.82) is 10.8 Å². The van der Waals surface area contributed by atoms with E-state index in [1.807, 2.05) is 0 Å². The number of aliphatic hydroxyl groups is 1. The molecule has 14 atom stereocenters. The second-order valence-corrected chi connectivity index (χ2v) is 28.0. The Morgan fingerprint density at radius 3 is 1.40 bits per heavy atom. The van der Waals surface area contributed by atoms with Gasteiger partial charge in [-0.15, -0.1) is 0 Å². The molecule has 0 spiro atoms. The molecular formula is C70H113N21O20. The molecule has 0 bridgehead atoms. The average molecular weight is 1570 g/mol. The van der Waals surface area contributed by atoms with E-state index in [2.05, 4.69) is 89.7 Å². The maximum atomic E-state index is 14.7. The lowest BCUT2D eigenvalue weighted by molar-refractivity contribution is -0.143. The molecule has 27 N–H and O–H groups in total. The summed E-state index contributed by atoms with van der Waals surface area (Å²) in [4.78, 5) is 212. The molecule has 1 aliphatic rings. The number of phenols is 1. The highest BCUT2D eigenvalue weighted by atomic mass is 16.4. The van der Waals surface area contributed by atoms with Crippen molar-refractivity contribution in [1.82, 2.24) is 89.7 Å². The van der Waals surface area contributed by atoms with E-state index in [1.54, 1.807) is 53.7 Å². The first-order valence-corrected chi connectivity index (χ1v) is 36.9. The molecule has 618 valence electrons. The zero-order valence-electron chi connectivity index (χ0n) is 63.8. The van der Waals surface area contributed by atoms with Gasteiger partial charge in [0.2, 0.25) is 70.9 Å². The first-order valence-electron chi connectivity index (χ1n) is 36.9. The number of nitrogens with two attached hydrogens (primary N) is 2. The number of imidazole rings is 1. The van der Waals surface area contributed by atoms with Crippen LogP contribution in [-0.2, 0) is 84.8 Å². The zero-order chi connectivity index (χ0) is 83.2. The van der Waals surface area contributed by atoms with Crippen LogP contribution in [0, 0.1) is 34.5 Å². The predicted molar refractivity (Wildman–Crippen MR) is 399 cm³/mol. The lowest BCUT2D eigenvalue weighted by atomic mass is 9.95. The minimum atomic E-state index is -1.76. The van der Waals surface area contributed by atoms with Gasteiger partial charge in [-0.2, -0.15) is 0 Å². The van der Waals surface area contributed by atoms with Crippen LogP contribution in [0.15, 0.2) is 36.8 Å². The molecule has 12 amide bonds. The average Bonchev–Trinajstić information content (AvgIpc) is 1.11. The number of hydrogen-bond donors (Lipinski definition) is 25. The van der Waals surface area contributed by atoms with E-state index >= 15 is 0 Å². The van der Waals surface area contributed by atoms with Gasteiger partial charge in [-0.1, -0.05) is 80.4 Å². The summed E-state index contributed by atoms with van der Waals surface area (Å²) in [5.41, 5.74) is 11.8. The summed E-state index contributed by atoms with van der Waals surface area (Å²) in [6, 6.07) is -11.7. The maximum Gasteiger partial charge on any atom is 0.326 e. The topological polar surface area (TPSA) is 666 Å². The van der Waals surface area contributed by atoms with E-state index in [0.29, 0.717) is 18.5 Å². The van der Waals surface area contributed by atoms with Gasteiger partial charge in [0.05, 0.1) is 31.2 Å². The molecule has 1 fully saturated rings. The van der Waals surface area contributed by atoms with Crippen molar-refractivity contribution in [3.8, 4) is 5.75 Å². The van der Waals surface area contributed by atoms with E-state index in [9.17, 15) is 97.5 Å². The predicted octanol–water partition coefficient (Wildman–Crippen LogP) is -4.77. The van der Waals surface area contributed by atoms with Crippen molar-refractivity contribution < 1.29 is 97.5 Å². The second kappa shape index (κ2) is 48.3. The Morgan fingerprint density at radius 1 is 0.523 bits per heavy atom. The van der Waals surface area contributed by atoms with Crippen molar-refractivity contribution in [2.75, 3.05) is 32.8 Å². The second-order valence-electron chi connectivity index (χ2n) is 28.0. The van der Waals surface area contributed by atoms with Crippen molar-refractivity contribution in [2.45, 2.75) is 224 Å². The fraction of sp³-hybridized carbons (Fsp3) is 0.629. The van der Waals surface area contributed by atoms with Gasteiger partial charge in [0, 0.05) is 45.0 Å². The van der Waals surface area contributed by atoms with E-state index in [-0.39, 0.29) is 88.2 Å². The number of hydrogen-bond acceptors (Lipinski definition) is 21. The van der Waals surface area contributed by atoms with Crippen LogP contribution < -0.4 is 91.2 Å². The number of aliphatic carboxylic acids is 3. The van der Waals surface area contributed by atoms with E-state index < -0.39 is 230 Å². The van der Waals surface area contributed by atoms with Crippen LogP contribution >= 0.6 is 0 Å². The molecule has 3 rings (SSSR count). The fourth-order valence-electron chi connectivity index (χ4n) is 11.5. The number of carboxylic acid groups (broad SMARTS) is 3. The lowest BCUT2D eigenvalue weighted by Gasteiger charge is -2.31. The zero-order valence-corrected chi connectivity index (χ0v) is 63.8. The van der Waals surface area contributed by atoms with Crippen LogP contribution in [0.5, 0.6) is 5.75 Å². The maximum absolute atomic E-state index is 14.7. The number of nitrogens with one attached hydrogen (secondary N) is 18. The molecule has 1 aromatic carbocycles. The molecule has 41 heteroatoms. The highest BCUT2D eigenvalue weighted by Crippen LogP contribution is 2.18. The van der Waals surface area contributed by atoms with Gasteiger partial charge in [0.25, 0.3) is 0 Å². The SMILES string of the molecule is CC[C@H](C)[C@H](NC(=O)[C@H](CCCNC(=N)N)NC(=O)[C@H](CCC(=O)O)NC(=O)[C@@H](NC(=O)[C@@H](NC(=O)[C@H](CCCNC(=N)N)NC(=O)[C@H](CO)NC(=O)CNC(=O)[C@H](Cc1ccc(O)cc1)NC(=O)[C@@H]1CCCN1)C(C)C)[C@@H](C)CC)C(=O)N[C@@H](CC(C)C)C(=O)N[C@@H](CCC(=O)O)C(=O)N[C@@H](Cc1c[nH]cn1)C(=O)O. The number of aromatic hydroxyl groups is 1. The molecule has 0 saturated carbocycles. The monoisotopic (exact) mass is 1570 g/mol. The Kier molecular flexibility index (Phi) is 40.9. The number of carbonyl (C=O) groups is 15. The third-order valence-electron chi connectivity index (χ3n) is 18.2. The smallest absolute Gasteiger partial charge is 0.326 e. The highest BCUT2D eigenvalue weighted by molar-refractivity contribution is 6.00. The summed E-state index contributed by atoms with van der Waals surface area (Å²) in [5.74, 6) is -19.1. The molecule has 1 saturated heterocycles. The molecule has 2 heterocycles. The Hall–Kier alpha value is -11.3. The quantitative estimate of drug-likeness (QED) is 0.0168. The van der Waals surface area contributed by atoms with E-state index in [1.165, 1.54) is 38.5 Å². The first-order chi connectivity index (χ1) is 52.4. The largest absolute Gasteiger partial charge is 0.508 e. The number of H-pyrrole nitrogens is 1. The first kappa shape index (κ1) is 93.9. The van der Waals surface area contributed by atoms with Crippen molar-refractivity contribution >= 4 is 101 Å². The van der Waals surface area contributed by atoms with Gasteiger partial charge < -0.3 is 122 Å². The lowest BCUT2D eigenvalue weighted by Crippen LogP contribution is -2.62. The number of guanidine groups is 2. The third-order valence-corrected chi connectivity index (χ3v) is 18.2. The molecule has 2 aromatic rings. The molecule has 0 unspecified atom stereocenters. The number of nitrogens with zero attached hydrogens (tertiary/aromatic N) is 1. The Labute approximate surface area is 642 Å². The van der Waals surface area contributed by atoms with Gasteiger partial charge >= 0.3 is 17.9 Å². The summed E-state index contributed by atoms with van der Waals surface area (Å²) in [5, 5.41) is 103. The van der Waals surface area contributed by atoms with Gasteiger partial charge in [0.1, 0.15) is 72.2 Å². The Balaban J connectivity index is 1.90. The minimum absolute atomic E-state index is 0.00256. The highest BCUT2D eigenvalue weighted by Gasteiger charge is 2.39. The Bertz CT molecular complexity index is 3490. The summed E-state index contributed by atoms with van der Waals surface area (Å²) >= 11 is 0. The summed E-state index contributed by atoms with van der Waals surface area (Å²) < 4.78 is 0. The minimum Gasteiger partial charge on any atom is -0.508 e. The van der Waals surface area contributed by atoms with Gasteiger partial charge in [-0.3, -0.25) is 77.9 Å². The number of benzene rings is 1. The number of aromatic amines is 1. The normalized spacial score (nSPS) is 16.0. The van der Waals surface area contributed by atoms with Gasteiger partial charge in [-0.05, 0) is 106 Å². The van der Waals surface area contributed by atoms with Gasteiger partial charge in [0.15, 0.2) is 11.9 Å². The van der Waals surface area contributed by atoms with Gasteiger partial charge in [-0.25, -0.2) is 9.78 Å². The van der Waals surface area contributed by atoms with E-state index in [4.69, 9.17) is 22.3 Å². The molecule has 111 heavy (non-hydrogen) atoms. The molecule has 0 aliphatic carbocycles. The molecule has 1 aromatic heterocycles. The van der Waals surface area contributed by atoms with Crippen LogP contribution in [0.3, 0.4) is 0 Å². The van der Waals surface area contributed by atoms with Crippen molar-refractivity contribution in [3.63, 3.8) is 0 Å². The van der Waals surface area contributed by atoms with Crippen LogP contribution in [0.4, 0.5) is 0 Å². The van der Waals surface area contributed by atoms with Crippen LogP contribution in [-0.4, -0.2) is 242 Å². The van der Waals surface area contributed by atoms with Crippen LogP contribution in [0.25, 0.3) is 0 Å². The molecule has 41 nitrogen and oxygen atoms in total. The number of rotatable bonds is 51. The number of amides is 12. The van der Waals surface area contributed by atoms with Crippen LogP contribution in [0.2, 0.25) is 0 Å². The van der Waals surface area contributed by atoms with Crippen molar-refractivity contribution in [2.24, 2.45) is 35.1 Å². The molecule has 1 aliphatic heterocycles. The molecule has 0 radical (unpaired) electrons. The number of phenolic OH excluding ortho intramolecular Hbond substituents is 1.